The van der Waals surface area contributed by atoms with Crippen molar-refractivity contribution in [2.75, 3.05) is 44.0 Å². The molecule has 0 spiro atoms. The van der Waals surface area contributed by atoms with E-state index in [2.05, 4.69) is 10.6 Å². The topological polar surface area (TPSA) is 134 Å². The fraction of sp³-hybridized carbons (Fsp3) is 0.382. The van der Waals surface area contributed by atoms with Crippen LogP contribution >= 0.6 is 11.6 Å². The van der Waals surface area contributed by atoms with Gasteiger partial charge in [0.25, 0.3) is 21.8 Å². The molecule has 1 atom stereocenters. The molecule has 0 saturated heterocycles. The average molecular weight is 685 g/mol. The van der Waals surface area contributed by atoms with Crippen molar-refractivity contribution >= 4 is 50.7 Å². The third-order valence-electron chi connectivity index (χ3n) is 7.66. The second-order valence-electron chi connectivity index (χ2n) is 12.7. The van der Waals surface area contributed by atoms with E-state index in [1.807, 2.05) is 46.7 Å². The zero-order valence-electron chi connectivity index (χ0n) is 27.9. The lowest BCUT2D eigenvalue weighted by Gasteiger charge is -2.27. The van der Waals surface area contributed by atoms with Crippen molar-refractivity contribution in [1.82, 2.24) is 10.2 Å². The van der Waals surface area contributed by atoms with Crippen LogP contribution in [0.3, 0.4) is 0 Å². The van der Waals surface area contributed by atoms with Crippen LogP contribution in [-0.4, -0.2) is 70.9 Å². The molecule has 252 valence electrons. The van der Waals surface area contributed by atoms with Gasteiger partial charge in [-0.3, -0.25) is 14.4 Å². The Bertz CT molecular complexity index is 1820. The van der Waals surface area contributed by atoms with Crippen LogP contribution in [0.5, 0.6) is 11.5 Å². The van der Waals surface area contributed by atoms with Gasteiger partial charge in [0.1, 0.15) is 21.8 Å². The number of rotatable bonds is 11. The van der Waals surface area contributed by atoms with Gasteiger partial charge in [-0.2, -0.15) is 0 Å². The maximum atomic E-state index is 14.6. The highest BCUT2D eigenvalue weighted by atomic mass is 35.5. The van der Waals surface area contributed by atoms with E-state index >= 15 is 0 Å². The average Bonchev–Trinajstić information content (AvgIpc) is 3.22. The smallest absolute Gasteiger partial charge is 0.274 e. The van der Waals surface area contributed by atoms with E-state index in [9.17, 15) is 22.8 Å². The monoisotopic (exact) mass is 684 g/mol. The van der Waals surface area contributed by atoms with E-state index in [1.54, 1.807) is 37.3 Å². The maximum absolute atomic E-state index is 14.6. The largest absolute Gasteiger partial charge is 0.495 e. The Hall–Kier alpha value is -4.13. The van der Waals surface area contributed by atoms with Crippen LogP contribution in [0.25, 0.3) is 0 Å². The number of carbonyl (C=O) groups excluding carboxylic acids is 3. The SMILES string of the molecule is CCOc1ccc2c(c1)C(C)(c1cc(NC(=O)CCN(C)C)ccc1Cl)C(=O)N2S(=O)(=O)c1ccc(C(=O)NC(C)(C)C)cc1OC. The molecule has 0 aromatic heterocycles. The number of nitrogens with zero attached hydrogens (tertiary/aromatic N) is 2. The molecule has 1 aliphatic heterocycles. The number of benzene rings is 3. The standard InChI is InChI=1S/C34H41ClN4O7S/c1-9-46-23-12-14-27-25(20-23)34(5,24-19-22(11-13-26(24)35)36-30(40)16-17-38(6)7)32(42)39(27)47(43,44)29-15-10-21(18-28(29)45-8)31(41)37-33(2,3)4/h10-15,18-20H,9,16-17H2,1-8H3,(H,36,40)(H,37,41). The molecule has 1 unspecified atom stereocenters. The van der Waals surface area contributed by atoms with Gasteiger partial charge in [-0.15, -0.1) is 0 Å². The Morgan fingerprint density at radius 2 is 1.72 bits per heavy atom. The van der Waals surface area contributed by atoms with E-state index in [-0.39, 0.29) is 39.2 Å². The Morgan fingerprint density at radius 1 is 1.02 bits per heavy atom. The minimum atomic E-state index is -4.61. The van der Waals surface area contributed by atoms with E-state index in [1.165, 1.54) is 31.4 Å². The molecule has 0 fully saturated rings. The van der Waals surface area contributed by atoms with Crippen LogP contribution in [0.4, 0.5) is 11.4 Å². The number of halogens is 1. The predicted molar refractivity (Wildman–Crippen MR) is 182 cm³/mol. The minimum absolute atomic E-state index is 0.106. The Balaban J connectivity index is 1.85. The van der Waals surface area contributed by atoms with Gasteiger partial charge in [0.15, 0.2) is 0 Å². The van der Waals surface area contributed by atoms with E-state index in [0.717, 1.165) is 4.31 Å². The molecule has 0 saturated carbocycles. The molecule has 3 amide bonds. The van der Waals surface area contributed by atoms with E-state index in [0.29, 0.717) is 35.7 Å². The molecule has 4 rings (SSSR count). The van der Waals surface area contributed by atoms with Crippen LogP contribution in [-0.2, 0) is 25.0 Å². The first-order chi connectivity index (χ1) is 21.9. The molecule has 11 nitrogen and oxygen atoms in total. The molecular weight excluding hydrogens is 644 g/mol. The van der Waals surface area contributed by atoms with Crippen molar-refractivity contribution < 1.29 is 32.3 Å². The summed E-state index contributed by atoms with van der Waals surface area (Å²) < 4.78 is 40.8. The Labute approximate surface area is 281 Å². The van der Waals surface area contributed by atoms with Gasteiger partial charge in [-0.05, 0) is 109 Å². The number of fused-ring (bicyclic) bond motifs is 1. The lowest BCUT2D eigenvalue weighted by Crippen LogP contribution is -2.42. The number of carbonyl (C=O) groups is 3. The molecule has 1 aliphatic rings. The summed E-state index contributed by atoms with van der Waals surface area (Å²) >= 11 is 6.73. The van der Waals surface area contributed by atoms with Gasteiger partial charge < -0.3 is 25.0 Å². The van der Waals surface area contributed by atoms with Gasteiger partial charge in [0.2, 0.25) is 5.91 Å². The maximum Gasteiger partial charge on any atom is 0.274 e. The molecule has 13 heteroatoms. The zero-order chi connectivity index (χ0) is 34.9. The minimum Gasteiger partial charge on any atom is -0.495 e. The van der Waals surface area contributed by atoms with Crippen molar-refractivity contribution in [3.05, 3.63) is 76.3 Å². The summed E-state index contributed by atoms with van der Waals surface area (Å²) in [4.78, 5) is 41.7. The predicted octanol–water partition coefficient (Wildman–Crippen LogP) is 5.21. The summed E-state index contributed by atoms with van der Waals surface area (Å²) in [7, 11) is 0.399. The normalized spacial score (nSPS) is 16.2. The number of methoxy groups -OCH3 is 1. The fourth-order valence-electron chi connectivity index (χ4n) is 5.34. The van der Waals surface area contributed by atoms with Crippen LogP contribution in [0, 0.1) is 0 Å². The number of sulfonamides is 1. The summed E-state index contributed by atoms with van der Waals surface area (Å²) in [5, 5.41) is 5.88. The molecule has 0 aliphatic carbocycles. The highest BCUT2D eigenvalue weighted by molar-refractivity contribution is 7.93. The molecule has 0 radical (unpaired) electrons. The molecule has 47 heavy (non-hydrogen) atoms. The van der Waals surface area contributed by atoms with Crippen LogP contribution < -0.4 is 24.4 Å². The number of amides is 3. The highest BCUT2D eigenvalue weighted by Gasteiger charge is 2.54. The third-order valence-corrected chi connectivity index (χ3v) is 9.72. The second-order valence-corrected chi connectivity index (χ2v) is 14.8. The fourth-order valence-corrected chi connectivity index (χ4v) is 7.30. The van der Waals surface area contributed by atoms with Gasteiger partial charge in [0, 0.05) is 40.3 Å². The van der Waals surface area contributed by atoms with Crippen molar-refractivity contribution in [3.63, 3.8) is 0 Å². The molecule has 0 bridgehead atoms. The van der Waals surface area contributed by atoms with Crippen molar-refractivity contribution in [3.8, 4) is 11.5 Å². The van der Waals surface area contributed by atoms with Crippen LogP contribution in [0.1, 0.15) is 62.5 Å². The first-order valence-corrected chi connectivity index (χ1v) is 16.9. The second kappa shape index (κ2) is 13.5. The summed E-state index contributed by atoms with van der Waals surface area (Å²) in [5.74, 6) is -1.12. The van der Waals surface area contributed by atoms with Crippen molar-refractivity contribution in [2.45, 2.75) is 56.9 Å². The quantitative estimate of drug-likeness (QED) is 0.281. The highest BCUT2D eigenvalue weighted by Crippen LogP contribution is 2.51. The zero-order valence-corrected chi connectivity index (χ0v) is 29.4. The Morgan fingerprint density at radius 3 is 2.34 bits per heavy atom. The van der Waals surface area contributed by atoms with Crippen LogP contribution in [0.2, 0.25) is 5.02 Å². The number of hydrogen-bond donors (Lipinski definition) is 2. The first kappa shape index (κ1) is 35.7. The van der Waals surface area contributed by atoms with Crippen molar-refractivity contribution in [2.24, 2.45) is 0 Å². The lowest BCUT2D eigenvalue weighted by atomic mass is 9.77. The van der Waals surface area contributed by atoms with Gasteiger partial charge >= 0.3 is 0 Å². The summed E-state index contributed by atoms with van der Waals surface area (Å²) in [6.45, 7) is 9.76. The van der Waals surface area contributed by atoms with E-state index in [4.69, 9.17) is 21.1 Å². The van der Waals surface area contributed by atoms with Crippen LogP contribution in [0.15, 0.2) is 59.5 Å². The number of nitrogens with one attached hydrogen (secondary N) is 2. The first-order valence-electron chi connectivity index (χ1n) is 15.1. The van der Waals surface area contributed by atoms with Gasteiger partial charge in [0.05, 0.1) is 19.4 Å². The van der Waals surface area contributed by atoms with Gasteiger partial charge in [-0.1, -0.05) is 11.6 Å². The third kappa shape index (κ3) is 7.24. The number of ether oxygens (including phenoxy) is 2. The molecule has 2 N–H and O–H groups in total. The number of anilines is 2. The van der Waals surface area contributed by atoms with Gasteiger partial charge in [-0.25, -0.2) is 12.7 Å². The number of hydrogen-bond acceptors (Lipinski definition) is 8. The lowest BCUT2D eigenvalue weighted by molar-refractivity contribution is -0.120. The molecule has 1 heterocycles. The summed E-state index contributed by atoms with van der Waals surface area (Å²) in [6, 6.07) is 13.4. The molecule has 3 aromatic carbocycles. The van der Waals surface area contributed by atoms with E-state index < -0.39 is 32.8 Å². The summed E-state index contributed by atoms with van der Waals surface area (Å²) in [5.41, 5.74) is -0.814. The molecular formula is C34H41ClN4O7S. The molecule has 3 aromatic rings. The summed E-state index contributed by atoms with van der Waals surface area (Å²) in [6.07, 6.45) is 0.242. The Kier molecular flexibility index (Phi) is 10.3. The van der Waals surface area contributed by atoms with Crippen molar-refractivity contribution in [1.29, 1.82) is 0 Å².